The highest BCUT2D eigenvalue weighted by molar-refractivity contribution is 4.98. The number of hydrogen-bond acceptors (Lipinski definition) is 4. The van der Waals surface area contributed by atoms with Crippen molar-refractivity contribution in [2.24, 2.45) is 5.73 Å². The Morgan fingerprint density at radius 2 is 2.07 bits per heavy atom. The predicted octanol–water partition coefficient (Wildman–Crippen LogP) is 2.60. The fourth-order valence-electron chi connectivity index (χ4n) is 1.63. The molecule has 4 nitrogen and oxygen atoms in total. The number of unbranched alkanes of at least 4 members (excludes halogenated alkanes) is 4. The summed E-state index contributed by atoms with van der Waals surface area (Å²) < 4.78 is 4.70. The van der Waals surface area contributed by atoms with Crippen LogP contribution in [0.3, 0.4) is 0 Å². The van der Waals surface area contributed by atoms with Gasteiger partial charge in [-0.3, -0.25) is 0 Å². The van der Waals surface area contributed by atoms with Gasteiger partial charge in [0.1, 0.15) is 0 Å². The SMILES string of the molecule is CCCCCCCC(C)(N)c1ncon1. The molecule has 15 heavy (non-hydrogen) atoms. The Labute approximate surface area is 91.2 Å². The van der Waals surface area contributed by atoms with Crippen molar-refractivity contribution in [3.05, 3.63) is 12.2 Å². The predicted molar refractivity (Wildman–Crippen MR) is 59.2 cm³/mol. The second kappa shape index (κ2) is 5.85. The third kappa shape index (κ3) is 4.00. The lowest BCUT2D eigenvalue weighted by Gasteiger charge is -2.19. The van der Waals surface area contributed by atoms with Gasteiger partial charge < -0.3 is 10.3 Å². The maximum absolute atomic E-state index is 6.11. The summed E-state index contributed by atoms with van der Waals surface area (Å²) in [4.78, 5) is 4.00. The molecule has 2 N–H and O–H groups in total. The molecular weight excluding hydrogens is 190 g/mol. The summed E-state index contributed by atoms with van der Waals surface area (Å²) in [6, 6.07) is 0. The minimum atomic E-state index is -0.445. The zero-order chi connectivity index (χ0) is 11.1. The van der Waals surface area contributed by atoms with Crippen LogP contribution in [0.15, 0.2) is 10.9 Å². The zero-order valence-corrected chi connectivity index (χ0v) is 9.70. The second-order valence-corrected chi connectivity index (χ2v) is 4.34. The first-order valence-corrected chi connectivity index (χ1v) is 5.72. The molecule has 1 rings (SSSR count). The van der Waals surface area contributed by atoms with Crippen molar-refractivity contribution >= 4 is 0 Å². The van der Waals surface area contributed by atoms with E-state index in [0.29, 0.717) is 5.82 Å². The Hall–Kier alpha value is -0.900. The number of rotatable bonds is 7. The van der Waals surface area contributed by atoms with E-state index in [-0.39, 0.29) is 0 Å². The van der Waals surface area contributed by atoms with Crippen molar-refractivity contribution in [3.8, 4) is 0 Å². The summed E-state index contributed by atoms with van der Waals surface area (Å²) in [7, 11) is 0. The van der Waals surface area contributed by atoms with Gasteiger partial charge in [-0.05, 0) is 13.3 Å². The molecule has 0 saturated carbocycles. The Morgan fingerprint density at radius 1 is 1.33 bits per heavy atom. The molecule has 0 aliphatic rings. The minimum absolute atomic E-state index is 0.445. The summed E-state index contributed by atoms with van der Waals surface area (Å²) in [5.74, 6) is 0.609. The molecule has 0 amide bonds. The van der Waals surface area contributed by atoms with Crippen molar-refractivity contribution in [3.63, 3.8) is 0 Å². The van der Waals surface area contributed by atoms with Crippen molar-refractivity contribution in [2.45, 2.75) is 57.9 Å². The molecule has 4 heteroatoms. The van der Waals surface area contributed by atoms with Gasteiger partial charge in [0.15, 0.2) is 5.82 Å². The Balaban J connectivity index is 2.25. The fraction of sp³-hybridized carbons (Fsp3) is 0.818. The van der Waals surface area contributed by atoms with Crippen LogP contribution in [0.5, 0.6) is 0 Å². The lowest BCUT2D eigenvalue weighted by Crippen LogP contribution is -2.34. The molecule has 1 aromatic rings. The lowest BCUT2D eigenvalue weighted by atomic mass is 9.94. The molecule has 1 atom stereocenters. The van der Waals surface area contributed by atoms with Gasteiger partial charge in [-0.25, -0.2) is 0 Å². The standard InChI is InChI=1S/C11H21N3O/c1-3-4-5-6-7-8-11(2,12)10-13-9-15-14-10/h9H,3-8,12H2,1-2H3. The second-order valence-electron chi connectivity index (χ2n) is 4.34. The highest BCUT2D eigenvalue weighted by atomic mass is 16.5. The maximum atomic E-state index is 6.11. The van der Waals surface area contributed by atoms with E-state index < -0.39 is 5.54 Å². The van der Waals surface area contributed by atoms with Crippen LogP contribution in [0.2, 0.25) is 0 Å². The molecule has 1 unspecified atom stereocenters. The van der Waals surface area contributed by atoms with Gasteiger partial charge in [0.05, 0.1) is 5.54 Å². The van der Waals surface area contributed by atoms with E-state index in [9.17, 15) is 0 Å². The molecule has 0 spiro atoms. The number of aromatic nitrogens is 2. The van der Waals surface area contributed by atoms with Crippen molar-refractivity contribution in [2.75, 3.05) is 0 Å². The fourth-order valence-corrected chi connectivity index (χ4v) is 1.63. The van der Waals surface area contributed by atoms with E-state index in [2.05, 4.69) is 17.1 Å². The molecule has 0 radical (unpaired) electrons. The Bertz CT molecular complexity index is 257. The van der Waals surface area contributed by atoms with Crippen molar-refractivity contribution in [1.29, 1.82) is 0 Å². The molecule has 0 fully saturated rings. The van der Waals surface area contributed by atoms with Crippen molar-refractivity contribution in [1.82, 2.24) is 10.1 Å². The van der Waals surface area contributed by atoms with Gasteiger partial charge >= 0.3 is 0 Å². The van der Waals surface area contributed by atoms with E-state index >= 15 is 0 Å². The van der Waals surface area contributed by atoms with Crippen LogP contribution in [-0.4, -0.2) is 10.1 Å². The normalized spacial score (nSPS) is 15.1. The molecule has 1 heterocycles. The molecule has 0 saturated heterocycles. The van der Waals surface area contributed by atoms with Gasteiger partial charge in [0.25, 0.3) is 0 Å². The average molecular weight is 211 g/mol. The summed E-state index contributed by atoms with van der Waals surface area (Å²) in [5, 5.41) is 3.79. The Morgan fingerprint density at radius 3 is 2.67 bits per heavy atom. The summed E-state index contributed by atoms with van der Waals surface area (Å²) in [5.41, 5.74) is 5.67. The topological polar surface area (TPSA) is 64.9 Å². The highest BCUT2D eigenvalue weighted by Crippen LogP contribution is 2.21. The molecule has 0 aliphatic carbocycles. The van der Waals surface area contributed by atoms with E-state index in [1.54, 1.807) is 0 Å². The minimum Gasteiger partial charge on any atom is -0.343 e. The first-order chi connectivity index (χ1) is 7.17. The zero-order valence-electron chi connectivity index (χ0n) is 9.70. The number of hydrogen-bond donors (Lipinski definition) is 1. The number of nitrogens with two attached hydrogens (primary N) is 1. The van der Waals surface area contributed by atoms with Gasteiger partial charge in [0.2, 0.25) is 6.39 Å². The summed E-state index contributed by atoms with van der Waals surface area (Å²) in [6.07, 6.45) is 8.47. The third-order valence-corrected chi connectivity index (χ3v) is 2.67. The summed E-state index contributed by atoms with van der Waals surface area (Å²) >= 11 is 0. The van der Waals surface area contributed by atoms with Crippen LogP contribution in [0.4, 0.5) is 0 Å². The molecule has 0 aliphatic heterocycles. The highest BCUT2D eigenvalue weighted by Gasteiger charge is 2.25. The lowest BCUT2D eigenvalue weighted by molar-refractivity contribution is 0.357. The summed E-state index contributed by atoms with van der Waals surface area (Å²) in [6.45, 7) is 4.17. The molecule has 0 aromatic carbocycles. The van der Waals surface area contributed by atoms with E-state index in [0.717, 1.165) is 12.8 Å². The van der Waals surface area contributed by atoms with Crippen LogP contribution in [0.1, 0.15) is 58.2 Å². The van der Waals surface area contributed by atoms with Crippen LogP contribution in [0, 0.1) is 0 Å². The smallest absolute Gasteiger partial charge is 0.213 e. The van der Waals surface area contributed by atoms with Crippen LogP contribution in [-0.2, 0) is 5.54 Å². The van der Waals surface area contributed by atoms with Gasteiger partial charge in [-0.2, -0.15) is 4.98 Å². The van der Waals surface area contributed by atoms with E-state index in [1.807, 2.05) is 6.92 Å². The largest absolute Gasteiger partial charge is 0.343 e. The monoisotopic (exact) mass is 211 g/mol. The van der Waals surface area contributed by atoms with Crippen molar-refractivity contribution < 1.29 is 4.52 Å². The quantitative estimate of drug-likeness (QED) is 0.704. The third-order valence-electron chi connectivity index (χ3n) is 2.67. The van der Waals surface area contributed by atoms with Gasteiger partial charge in [-0.1, -0.05) is 44.2 Å². The molecule has 86 valence electrons. The van der Waals surface area contributed by atoms with Gasteiger partial charge in [0, 0.05) is 0 Å². The first-order valence-electron chi connectivity index (χ1n) is 5.72. The first kappa shape index (κ1) is 12.2. The molecule has 0 bridgehead atoms. The number of nitrogens with zero attached hydrogens (tertiary/aromatic N) is 2. The average Bonchev–Trinajstić information content (AvgIpc) is 2.70. The van der Waals surface area contributed by atoms with Crippen LogP contribution < -0.4 is 5.73 Å². The maximum Gasteiger partial charge on any atom is 0.213 e. The molecular formula is C11H21N3O. The van der Waals surface area contributed by atoms with Crippen LogP contribution >= 0.6 is 0 Å². The van der Waals surface area contributed by atoms with Crippen LogP contribution in [0.25, 0.3) is 0 Å². The Kier molecular flexibility index (Phi) is 4.75. The van der Waals surface area contributed by atoms with E-state index in [4.69, 9.17) is 10.3 Å². The van der Waals surface area contributed by atoms with Gasteiger partial charge in [-0.15, -0.1) is 0 Å². The molecule has 1 aromatic heterocycles. The van der Waals surface area contributed by atoms with E-state index in [1.165, 1.54) is 32.1 Å².